The lowest BCUT2D eigenvalue weighted by Gasteiger charge is -2.12. The summed E-state index contributed by atoms with van der Waals surface area (Å²) in [5, 5.41) is 2.43. The van der Waals surface area contributed by atoms with Crippen LogP contribution in [0.25, 0.3) is 11.1 Å². The SMILES string of the molecule is COc1cnc(C(=O)NCc2nccc(-c3ccc(OC(F)(F)F)c(F)c3)c2F)cc1N. The van der Waals surface area contributed by atoms with Crippen molar-refractivity contribution in [1.82, 2.24) is 15.3 Å². The smallest absolute Gasteiger partial charge is 0.493 e. The standard InChI is InChI=1S/C20H15F5N4O3/c1-31-17-9-28-14(7-13(17)26)19(30)29-8-15-18(22)11(4-5-27-15)10-2-3-16(12(21)6-10)32-20(23,24)25/h2-7,9H,8H2,1H3,(H2,26,28)(H,29,30). The number of benzene rings is 1. The molecule has 3 rings (SSSR count). The van der Waals surface area contributed by atoms with Crippen LogP contribution in [-0.4, -0.2) is 29.3 Å². The van der Waals surface area contributed by atoms with E-state index in [1.165, 1.54) is 31.6 Å². The predicted molar refractivity (Wildman–Crippen MR) is 103 cm³/mol. The summed E-state index contributed by atoms with van der Waals surface area (Å²) in [7, 11) is 1.39. The molecular formula is C20H15F5N4O3. The number of anilines is 1. The number of hydrogen-bond acceptors (Lipinski definition) is 6. The Hall–Kier alpha value is -3.96. The van der Waals surface area contributed by atoms with Crippen LogP contribution in [0.4, 0.5) is 27.6 Å². The highest BCUT2D eigenvalue weighted by atomic mass is 19.4. The zero-order valence-electron chi connectivity index (χ0n) is 16.3. The molecule has 0 aliphatic rings. The van der Waals surface area contributed by atoms with Crippen LogP contribution in [0.15, 0.2) is 42.7 Å². The maximum atomic E-state index is 14.9. The fourth-order valence-electron chi connectivity index (χ4n) is 2.72. The first-order valence-electron chi connectivity index (χ1n) is 8.86. The van der Waals surface area contributed by atoms with E-state index in [2.05, 4.69) is 20.0 Å². The summed E-state index contributed by atoms with van der Waals surface area (Å²) in [6.45, 7) is -0.343. The van der Waals surface area contributed by atoms with Crippen molar-refractivity contribution in [2.24, 2.45) is 0 Å². The highest BCUT2D eigenvalue weighted by molar-refractivity contribution is 5.93. The molecule has 7 nitrogen and oxygen atoms in total. The van der Waals surface area contributed by atoms with Gasteiger partial charge in [0.25, 0.3) is 5.91 Å². The Morgan fingerprint density at radius 3 is 2.50 bits per heavy atom. The number of nitrogens with two attached hydrogens (primary N) is 1. The largest absolute Gasteiger partial charge is 0.573 e. The van der Waals surface area contributed by atoms with Crippen LogP contribution in [0.5, 0.6) is 11.5 Å². The number of carbonyl (C=O) groups is 1. The van der Waals surface area contributed by atoms with Crippen molar-refractivity contribution < 1.29 is 36.2 Å². The molecule has 0 saturated carbocycles. The van der Waals surface area contributed by atoms with Crippen molar-refractivity contribution in [2.75, 3.05) is 12.8 Å². The van der Waals surface area contributed by atoms with Gasteiger partial charge in [0.1, 0.15) is 5.69 Å². The second-order valence-electron chi connectivity index (χ2n) is 6.31. The second kappa shape index (κ2) is 9.04. The lowest BCUT2D eigenvalue weighted by atomic mass is 10.0. The summed E-state index contributed by atoms with van der Waals surface area (Å²) >= 11 is 0. The lowest BCUT2D eigenvalue weighted by molar-refractivity contribution is -0.275. The molecule has 2 heterocycles. The van der Waals surface area contributed by atoms with Crippen molar-refractivity contribution in [2.45, 2.75) is 12.9 Å². The van der Waals surface area contributed by atoms with Gasteiger partial charge in [0, 0.05) is 11.8 Å². The minimum Gasteiger partial charge on any atom is -0.493 e. The van der Waals surface area contributed by atoms with E-state index in [1.54, 1.807) is 0 Å². The van der Waals surface area contributed by atoms with Crippen LogP contribution in [-0.2, 0) is 6.54 Å². The lowest BCUT2D eigenvalue weighted by Crippen LogP contribution is -2.25. The molecule has 0 fully saturated rings. The maximum Gasteiger partial charge on any atom is 0.573 e. The molecule has 0 saturated heterocycles. The Balaban J connectivity index is 1.78. The number of nitrogens with zero attached hydrogens (tertiary/aromatic N) is 2. The molecular weight excluding hydrogens is 439 g/mol. The van der Waals surface area contributed by atoms with E-state index < -0.39 is 29.7 Å². The van der Waals surface area contributed by atoms with Gasteiger partial charge < -0.3 is 20.5 Å². The summed E-state index contributed by atoms with van der Waals surface area (Å²) in [6.07, 6.45) is -2.61. The molecule has 168 valence electrons. The van der Waals surface area contributed by atoms with E-state index in [9.17, 15) is 26.7 Å². The number of ether oxygens (including phenoxy) is 2. The molecule has 3 N–H and O–H groups in total. The molecule has 0 bridgehead atoms. The van der Waals surface area contributed by atoms with E-state index in [-0.39, 0.29) is 40.5 Å². The van der Waals surface area contributed by atoms with E-state index in [0.29, 0.717) is 6.07 Å². The van der Waals surface area contributed by atoms with Crippen molar-refractivity contribution in [3.63, 3.8) is 0 Å². The number of alkyl halides is 3. The number of amides is 1. The number of nitrogens with one attached hydrogen (secondary N) is 1. The Morgan fingerprint density at radius 1 is 1.12 bits per heavy atom. The first-order chi connectivity index (χ1) is 15.1. The van der Waals surface area contributed by atoms with Gasteiger partial charge >= 0.3 is 6.36 Å². The molecule has 0 atom stereocenters. The van der Waals surface area contributed by atoms with Gasteiger partial charge in [-0.2, -0.15) is 0 Å². The van der Waals surface area contributed by atoms with E-state index in [1.807, 2.05) is 0 Å². The average molecular weight is 454 g/mol. The van der Waals surface area contributed by atoms with Crippen molar-refractivity contribution in [3.8, 4) is 22.6 Å². The van der Waals surface area contributed by atoms with Gasteiger partial charge in [0.2, 0.25) is 0 Å². The third-order valence-electron chi connectivity index (χ3n) is 4.20. The van der Waals surface area contributed by atoms with Gasteiger partial charge in [0.15, 0.2) is 23.1 Å². The summed E-state index contributed by atoms with van der Waals surface area (Å²) in [5.74, 6) is -3.64. The number of pyridine rings is 2. The zero-order chi connectivity index (χ0) is 23.5. The molecule has 1 amide bonds. The minimum absolute atomic E-state index is 0.0396. The summed E-state index contributed by atoms with van der Waals surface area (Å²) in [6, 6.07) is 4.99. The number of rotatable bonds is 6. The number of nitrogen functional groups attached to an aromatic ring is 1. The molecule has 32 heavy (non-hydrogen) atoms. The van der Waals surface area contributed by atoms with Gasteiger partial charge in [-0.15, -0.1) is 13.2 Å². The van der Waals surface area contributed by atoms with Gasteiger partial charge in [0.05, 0.1) is 31.2 Å². The number of carbonyl (C=O) groups excluding carboxylic acids is 1. The first kappa shape index (κ1) is 22.7. The number of aromatic nitrogens is 2. The van der Waals surface area contributed by atoms with Crippen LogP contribution in [0.3, 0.4) is 0 Å². The third-order valence-corrected chi connectivity index (χ3v) is 4.20. The Morgan fingerprint density at radius 2 is 1.88 bits per heavy atom. The van der Waals surface area contributed by atoms with Gasteiger partial charge in [-0.3, -0.25) is 9.78 Å². The van der Waals surface area contributed by atoms with Crippen LogP contribution >= 0.6 is 0 Å². The minimum atomic E-state index is -5.07. The summed E-state index contributed by atoms with van der Waals surface area (Å²) in [5.41, 5.74) is 5.50. The Labute approximate surface area is 178 Å². The second-order valence-corrected chi connectivity index (χ2v) is 6.31. The zero-order valence-corrected chi connectivity index (χ0v) is 16.3. The molecule has 0 unspecified atom stereocenters. The maximum absolute atomic E-state index is 14.9. The first-order valence-corrected chi connectivity index (χ1v) is 8.86. The number of halogens is 5. The number of hydrogen-bond donors (Lipinski definition) is 2. The average Bonchev–Trinajstić information content (AvgIpc) is 2.73. The van der Waals surface area contributed by atoms with E-state index in [4.69, 9.17) is 10.5 Å². The molecule has 1 aromatic carbocycles. The highest BCUT2D eigenvalue weighted by Gasteiger charge is 2.32. The Bertz CT molecular complexity index is 1150. The quantitative estimate of drug-likeness (QED) is 0.549. The molecule has 3 aromatic rings. The highest BCUT2D eigenvalue weighted by Crippen LogP contribution is 2.31. The van der Waals surface area contributed by atoms with Crippen LogP contribution in [0, 0.1) is 11.6 Å². The molecule has 2 aromatic heterocycles. The normalized spacial score (nSPS) is 11.2. The van der Waals surface area contributed by atoms with Crippen LogP contribution < -0.4 is 20.5 Å². The monoisotopic (exact) mass is 454 g/mol. The van der Waals surface area contributed by atoms with Gasteiger partial charge in [-0.1, -0.05) is 6.07 Å². The molecule has 12 heteroatoms. The molecule has 0 radical (unpaired) electrons. The molecule has 0 aliphatic carbocycles. The summed E-state index contributed by atoms with van der Waals surface area (Å²) in [4.78, 5) is 20.0. The topological polar surface area (TPSA) is 99.4 Å². The molecule has 0 spiro atoms. The van der Waals surface area contributed by atoms with E-state index in [0.717, 1.165) is 12.1 Å². The van der Waals surface area contributed by atoms with Gasteiger partial charge in [-0.25, -0.2) is 13.8 Å². The Kier molecular flexibility index (Phi) is 6.42. The van der Waals surface area contributed by atoms with Crippen molar-refractivity contribution in [1.29, 1.82) is 0 Å². The van der Waals surface area contributed by atoms with Crippen molar-refractivity contribution in [3.05, 3.63) is 65.7 Å². The van der Waals surface area contributed by atoms with Gasteiger partial charge in [-0.05, 0) is 29.8 Å². The van der Waals surface area contributed by atoms with Crippen LogP contribution in [0.1, 0.15) is 16.2 Å². The van der Waals surface area contributed by atoms with E-state index >= 15 is 0 Å². The predicted octanol–water partition coefficient (Wildman–Crippen LogP) is 3.84. The third kappa shape index (κ3) is 5.20. The molecule has 0 aliphatic heterocycles. The fourth-order valence-corrected chi connectivity index (χ4v) is 2.72. The summed E-state index contributed by atoms with van der Waals surface area (Å²) < 4.78 is 74.2. The van der Waals surface area contributed by atoms with Crippen LogP contribution in [0.2, 0.25) is 0 Å². The fraction of sp³-hybridized carbons (Fsp3) is 0.150. The number of methoxy groups -OCH3 is 1. The van der Waals surface area contributed by atoms with Crippen molar-refractivity contribution >= 4 is 11.6 Å².